The summed E-state index contributed by atoms with van der Waals surface area (Å²) in [5.41, 5.74) is 0.428. The first-order valence-electron chi connectivity index (χ1n) is 10.5. The largest absolute Gasteiger partial charge is 0.490 e. The van der Waals surface area contributed by atoms with E-state index in [0.29, 0.717) is 34.6 Å². The van der Waals surface area contributed by atoms with Gasteiger partial charge in [0.15, 0.2) is 18.1 Å². The van der Waals surface area contributed by atoms with E-state index < -0.39 is 11.4 Å². The Balaban J connectivity index is 2.09. The van der Waals surface area contributed by atoms with Gasteiger partial charge in [0, 0.05) is 9.89 Å². The van der Waals surface area contributed by atoms with Crippen LogP contribution >= 0.6 is 27.5 Å². The van der Waals surface area contributed by atoms with Crippen molar-refractivity contribution in [2.75, 3.05) is 20.3 Å². The van der Waals surface area contributed by atoms with Crippen LogP contribution in [-0.4, -0.2) is 42.2 Å². The second-order valence-electron chi connectivity index (χ2n) is 8.34. The number of hydrogen-bond acceptors (Lipinski definition) is 7. The van der Waals surface area contributed by atoms with E-state index >= 15 is 0 Å². The molecule has 0 unspecified atom stereocenters. The van der Waals surface area contributed by atoms with E-state index in [0.717, 1.165) is 4.47 Å². The molecule has 0 amide bonds. The molecule has 0 aliphatic heterocycles. The molecule has 10 heteroatoms. The second kappa shape index (κ2) is 10.6. The topological polar surface area (TPSA) is 92.0 Å². The van der Waals surface area contributed by atoms with Gasteiger partial charge in [-0.2, -0.15) is 9.78 Å². The Morgan fingerprint density at radius 3 is 2.62 bits per heavy atom. The predicted molar refractivity (Wildman–Crippen MR) is 136 cm³/mol. The molecule has 0 bridgehead atoms. The summed E-state index contributed by atoms with van der Waals surface area (Å²) >= 11 is 9.81. The van der Waals surface area contributed by atoms with Gasteiger partial charge in [0.05, 0.1) is 35.9 Å². The lowest BCUT2D eigenvalue weighted by Gasteiger charge is -2.21. The molecular weight excluding hydrogens is 526 g/mol. The number of ether oxygens (including phenoxy) is 3. The summed E-state index contributed by atoms with van der Waals surface area (Å²) < 4.78 is 17.8. The number of halogens is 2. The van der Waals surface area contributed by atoms with Gasteiger partial charge in [-0.1, -0.05) is 48.3 Å². The highest BCUT2D eigenvalue weighted by molar-refractivity contribution is 9.10. The molecule has 0 radical (unpaired) electrons. The van der Waals surface area contributed by atoms with Crippen molar-refractivity contribution in [3.05, 3.63) is 61.6 Å². The Bertz CT molecular complexity index is 1310. The van der Waals surface area contributed by atoms with Crippen molar-refractivity contribution in [3.63, 3.8) is 0 Å². The quantitative estimate of drug-likeness (QED) is 0.306. The van der Waals surface area contributed by atoms with E-state index in [9.17, 15) is 9.59 Å². The van der Waals surface area contributed by atoms with Crippen LogP contribution in [0.25, 0.3) is 10.9 Å². The lowest BCUT2D eigenvalue weighted by Crippen LogP contribution is -2.29. The van der Waals surface area contributed by atoms with Gasteiger partial charge in [-0.3, -0.25) is 4.79 Å². The molecule has 2 aromatic carbocycles. The van der Waals surface area contributed by atoms with E-state index in [-0.39, 0.29) is 22.9 Å². The fourth-order valence-electron chi connectivity index (χ4n) is 3.12. The maximum absolute atomic E-state index is 13.3. The van der Waals surface area contributed by atoms with Crippen molar-refractivity contribution < 1.29 is 19.0 Å². The molecule has 8 nitrogen and oxygen atoms in total. The maximum atomic E-state index is 13.3. The van der Waals surface area contributed by atoms with E-state index in [1.165, 1.54) is 18.0 Å². The number of nitrogens with zero attached hydrogens (tertiary/aromatic N) is 3. The van der Waals surface area contributed by atoms with Crippen LogP contribution in [0.5, 0.6) is 11.5 Å². The van der Waals surface area contributed by atoms with Gasteiger partial charge in [-0.25, -0.2) is 9.78 Å². The van der Waals surface area contributed by atoms with E-state index in [1.54, 1.807) is 24.3 Å². The van der Waals surface area contributed by atoms with Crippen molar-refractivity contribution in [3.8, 4) is 11.5 Å². The highest BCUT2D eigenvalue weighted by atomic mass is 79.9. The molecule has 1 aromatic heterocycles. The molecule has 0 spiro atoms. The molecule has 0 saturated heterocycles. The van der Waals surface area contributed by atoms with Gasteiger partial charge in [-0.15, -0.1) is 0 Å². The fraction of sp³-hybridized carbons (Fsp3) is 0.333. The van der Waals surface area contributed by atoms with Crippen molar-refractivity contribution in [1.82, 2.24) is 9.66 Å². The highest BCUT2D eigenvalue weighted by Crippen LogP contribution is 2.36. The fourth-order valence-corrected chi connectivity index (χ4v) is 3.76. The first kappa shape index (κ1) is 25.7. The average Bonchev–Trinajstić information content (AvgIpc) is 2.77. The third-order valence-corrected chi connectivity index (χ3v) is 5.47. The lowest BCUT2D eigenvalue weighted by molar-refractivity contribution is -0.142. The smallest absolute Gasteiger partial charge is 0.343 e. The van der Waals surface area contributed by atoms with Crippen LogP contribution in [0.3, 0.4) is 0 Å². The van der Waals surface area contributed by atoms with E-state index in [1.807, 2.05) is 33.8 Å². The van der Waals surface area contributed by atoms with Crippen molar-refractivity contribution in [2.24, 2.45) is 5.10 Å². The van der Waals surface area contributed by atoms with Crippen LogP contribution < -0.4 is 15.0 Å². The standard InChI is InChI=1S/C24H25BrClN3O5/c1-6-33-19-10-14(9-17(26)21(19)34-13-20(30)32-5)12-27-29-22(31)16-11-15(25)7-8-18(16)28-23(29)24(2,3)4/h7-12H,6,13H2,1-5H3. The SMILES string of the molecule is CCOc1cc(C=Nn2c(C(C)(C)C)nc3ccc(Br)cc3c2=O)cc(Cl)c1OCC(=O)OC. The maximum Gasteiger partial charge on any atom is 0.343 e. The molecule has 0 aliphatic carbocycles. The summed E-state index contributed by atoms with van der Waals surface area (Å²) in [6.45, 7) is 7.73. The van der Waals surface area contributed by atoms with E-state index in [2.05, 4.69) is 25.8 Å². The van der Waals surface area contributed by atoms with E-state index in [4.69, 9.17) is 26.1 Å². The number of fused-ring (bicyclic) bond motifs is 1. The van der Waals surface area contributed by atoms with Crippen LogP contribution in [0.15, 0.2) is 44.7 Å². The number of carbonyl (C=O) groups is 1. The molecule has 1 heterocycles. The Hall–Kier alpha value is -2.91. The molecule has 0 N–H and O–H groups in total. The average molecular weight is 551 g/mol. The highest BCUT2D eigenvalue weighted by Gasteiger charge is 2.23. The third kappa shape index (κ3) is 5.77. The van der Waals surface area contributed by atoms with Gasteiger partial charge >= 0.3 is 5.97 Å². The number of benzene rings is 2. The summed E-state index contributed by atoms with van der Waals surface area (Å²) in [7, 11) is 1.27. The third-order valence-electron chi connectivity index (χ3n) is 4.70. The monoisotopic (exact) mass is 549 g/mol. The van der Waals surface area contributed by atoms with Crippen LogP contribution in [0, 0.1) is 0 Å². The number of aromatic nitrogens is 2. The predicted octanol–water partition coefficient (Wildman–Crippen LogP) is 4.94. The summed E-state index contributed by atoms with van der Waals surface area (Å²) in [4.78, 5) is 29.5. The first-order valence-corrected chi connectivity index (χ1v) is 11.6. The zero-order valence-corrected chi connectivity index (χ0v) is 21.9. The van der Waals surface area contributed by atoms with Gasteiger partial charge in [0.25, 0.3) is 5.56 Å². The zero-order chi connectivity index (χ0) is 25.0. The molecular formula is C24H25BrClN3O5. The number of rotatable bonds is 7. The molecule has 34 heavy (non-hydrogen) atoms. The summed E-state index contributed by atoms with van der Waals surface area (Å²) in [5.74, 6) is 0.520. The van der Waals surface area contributed by atoms with Crippen LogP contribution in [0.2, 0.25) is 5.02 Å². The van der Waals surface area contributed by atoms with Crippen molar-refractivity contribution >= 4 is 50.6 Å². The minimum Gasteiger partial charge on any atom is -0.490 e. The zero-order valence-electron chi connectivity index (χ0n) is 19.5. The number of carbonyl (C=O) groups excluding carboxylic acids is 1. The Labute approximate surface area is 210 Å². The molecule has 0 atom stereocenters. The lowest BCUT2D eigenvalue weighted by atomic mass is 9.95. The number of hydrogen-bond donors (Lipinski definition) is 0. The molecule has 3 rings (SSSR count). The Kier molecular flexibility index (Phi) is 7.99. The van der Waals surface area contributed by atoms with Crippen molar-refractivity contribution in [2.45, 2.75) is 33.1 Å². The normalized spacial score (nSPS) is 11.7. The van der Waals surface area contributed by atoms with Crippen LogP contribution in [0.1, 0.15) is 39.1 Å². The molecule has 3 aromatic rings. The molecule has 0 aliphatic rings. The van der Waals surface area contributed by atoms with Crippen LogP contribution in [-0.2, 0) is 14.9 Å². The minimum absolute atomic E-state index is 0.218. The number of methoxy groups -OCH3 is 1. The van der Waals surface area contributed by atoms with Gasteiger partial charge in [0.1, 0.15) is 5.82 Å². The van der Waals surface area contributed by atoms with Gasteiger partial charge < -0.3 is 14.2 Å². The molecule has 0 fully saturated rings. The first-order chi connectivity index (χ1) is 16.0. The van der Waals surface area contributed by atoms with Gasteiger partial charge in [-0.05, 0) is 42.8 Å². The van der Waals surface area contributed by atoms with Crippen molar-refractivity contribution in [1.29, 1.82) is 0 Å². The van der Waals surface area contributed by atoms with Crippen LogP contribution in [0.4, 0.5) is 0 Å². The molecule has 180 valence electrons. The summed E-state index contributed by atoms with van der Waals surface area (Å²) in [6.07, 6.45) is 1.50. The minimum atomic E-state index is -0.548. The molecule has 0 saturated carbocycles. The second-order valence-corrected chi connectivity index (χ2v) is 9.66. The summed E-state index contributed by atoms with van der Waals surface area (Å²) in [5, 5.41) is 5.12. The summed E-state index contributed by atoms with van der Waals surface area (Å²) in [6, 6.07) is 8.63. The number of esters is 1. The van der Waals surface area contributed by atoms with Gasteiger partial charge in [0.2, 0.25) is 0 Å². The Morgan fingerprint density at radius 1 is 1.24 bits per heavy atom. The Morgan fingerprint density at radius 2 is 1.97 bits per heavy atom.